The molecule has 1 fully saturated rings. The second-order valence-corrected chi connectivity index (χ2v) is 5.85. The lowest BCUT2D eigenvalue weighted by molar-refractivity contribution is 0.0624. The van der Waals surface area contributed by atoms with E-state index < -0.39 is 11.8 Å². The highest BCUT2D eigenvalue weighted by Crippen LogP contribution is 2.28. The van der Waals surface area contributed by atoms with Crippen LogP contribution < -0.4 is 0 Å². The fourth-order valence-corrected chi connectivity index (χ4v) is 2.46. The van der Waals surface area contributed by atoms with Crippen molar-refractivity contribution in [3.05, 3.63) is 35.1 Å². The van der Waals surface area contributed by atoms with E-state index in [-0.39, 0.29) is 23.1 Å². The smallest absolute Gasteiger partial charge is 0.335 e. The van der Waals surface area contributed by atoms with Gasteiger partial charge in [0.1, 0.15) is 5.82 Å². The molecule has 21 heavy (non-hydrogen) atoms. The van der Waals surface area contributed by atoms with Crippen molar-refractivity contribution in [1.82, 2.24) is 4.90 Å². The van der Waals surface area contributed by atoms with E-state index in [2.05, 4.69) is 0 Å². The Morgan fingerprint density at radius 3 is 2.48 bits per heavy atom. The molecular weight excluding hydrogens is 273 g/mol. The normalized spacial score (nSPS) is 14.9. The number of halogens is 1. The molecule has 2 rings (SSSR count). The first kappa shape index (κ1) is 15.5. The van der Waals surface area contributed by atoms with Gasteiger partial charge in [-0.25, -0.2) is 9.18 Å². The third-order valence-electron chi connectivity index (χ3n) is 4.01. The highest BCUT2D eigenvalue weighted by molar-refractivity contribution is 5.96. The second kappa shape index (κ2) is 6.24. The van der Waals surface area contributed by atoms with E-state index in [1.807, 2.05) is 13.8 Å². The number of amides is 1. The van der Waals surface area contributed by atoms with Crippen molar-refractivity contribution >= 4 is 11.9 Å². The van der Waals surface area contributed by atoms with Crippen LogP contribution in [-0.2, 0) is 0 Å². The van der Waals surface area contributed by atoms with E-state index in [1.54, 1.807) is 4.90 Å². The van der Waals surface area contributed by atoms with Crippen molar-refractivity contribution in [2.45, 2.75) is 39.2 Å². The predicted molar refractivity (Wildman–Crippen MR) is 76.9 cm³/mol. The van der Waals surface area contributed by atoms with Gasteiger partial charge in [0.2, 0.25) is 0 Å². The van der Waals surface area contributed by atoms with Gasteiger partial charge in [-0.1, -0.05) is 6.42 Å². The second-order valence-electron chi connectivity index (χ2n) is 5.85. The summed E-state index contributed by atoms with van der Waals surface area (Å²) in [5.41, 5.74) is -0.216. The number of benzene rings is 1. The monoisotopic (exact) mass is 293 g/mol. The van der Waals surface area contributed by atoms with E-state index in [0.29, 0.717) is 12.5 Å². The SMILES string of the molecule is CC(C)N(CC1CCC1)C(=O)c1ccc(C(=O)O)cc1F. The van der Waals surface area contributed by atoms with Crippen LogP contribution >= 0.6 is 0 Å². The molecular formula is C16H20FNO3. The minimum absolute atomic E-state index is 0.0170. The van der Waals surface area contributed by atoms with Crippen molar-refractivity contribution in [2.24, 2.45) is 5.92 Å². The average molecular weight is 293 g/mol. The zero-order chi connectivity index (χ0) is 15.6. The Morgan fingerprint density at radius 2 is 2.05 bits per heavy atom. The molecule has 1 amide bonds. The van der Waals surface area contributed by atoms with Crippen LogP contribution in [0.5, 0.6) is 0 Å². The molecule has 1 aromatic rings. The van der Waals surface area contributed by atoms with Gasteiger partial charge >= 0.3 is 5.97 Å². The Hall–Kier alpha value is -1.91. The molecule has 1 aliphatic carbocycles. The summed E-state index contributed by atoms with van der Waals surface area (Å²) in [6, 6.07) is 3.41. The molecule has 0 spiro atoms. The molecule has 1 aliphatic rings. The quantitative estimate of drug-likeness (QED) is 0.907. The molecule has 0 unspecified atom stereocenters. The number of hydrogen-bond acceptors (Lipinski definition) is 2. The zero-order valence-corrected chi connectivity index (χ0v) is 12.3. The predicted octanol–water partition coefficient (Wildman–Crippen LogP) is 3.17. The standard InChI is InChI=1S/C16H20FNO3/c1-10(2)18(9-11-4-3-5-11)15(19)13-7-6-12(16(20)21)8-14(13)17/h6-8,10-11H,3-5,9H2,1-2H3,(H,20,21). The number of hydrogen-bond donors (Lipinski definition) is 1. The maximum Gasteiger partial charge on any atom is 0.335 e. The molecule has 0 aliphatic heterocycles. The molecule has 5 heteroatoms. The lowest BCUT2D eigenvalue weighted by Crippen LogP contribution is -2.42. The van der Waals surface area contributed by atoms with Gasteiger partial charge in [0.05, 0.1) is 11.1 Å². The number of nitrogens with zero attached hydrogens (tertiary/aromatic N) is 1. The van der Waals surface area contributed by atoms with Gasteiger partial charge in [-0.3, -0.25) is 4.79 Å². The topological polar surface area (TPSA) is 57.6 Å². The van der Waals surface area contributed by atoms with Gasteiger partial charge in [-0.2, -0.15) is 0 Å². The highest BCUT2D eigenvalue weighted by atomic mass is 19.1. The molecule has 114 valence electrons. The van der Waals surface area contributed by atoms with Crippen LogP contribution in [-0.4, -0.2) is 34.5 Å². The van der Waals surface area contributed by atoms with Crippen molar-refractivity contribution in [3.8, 4) is 0 Å². The van der Waals surface area contributed by atoms with Gasteiger partial charge in [-0.15, -0.1) is 0 Å². The van der Waals surface area contributed by atoms with Gasteiger partial charge in [0, 0.05) is 12.6 Å². The summed E-state index contributed by atoms with van der Waals surface area (Å²) in [7, 11) is 0. The van der Waals surface area contributed by atoms with E-state index in [9.17, 15) is 14.0 Å². The number of carbonyl (C=O) groups is 2. The van der Waals surface area contributed by atoms with Gasteiger partial charge in [0.25, 0.3) is 5.91 Å². The fourth-order valence-electron chi connectivity index (χ4n) is 2.46. The molecule has 1 aromatic carbocycles. The van der Waals surface area contributed by atoms with Crippen LogP contribution in [0.2, 0.25) is 0 Å². The summed E-state index contributed by atoms with van der Waals surface area (Å²) in [5, 5.41) is 8.83. The van der Waals surface area contributed by atoms with Crippen LogP contribution in [0.15, 0.2) is 18.2 Å². The summed E-state index contributed by atoms with van der Waals surface area (Å²) < 4.78 is 14.0. The van der Waals surface area contributed by atoms with Crippen LogP contribution in [0.3, 0.4) is 0 Å². The Bertz CT molecular complexity index is 552. The van der Waals surface area contributed by atoms with Crippen molar-refractivity contribution in [3.63, 3.8) is 0 Å². The highest BCUT2D eigenvalue weighted by Gasteiger charge is 2.27. The number of carboxylic acid groups (broad SMARTS) is 1. The molecule has 4 nitrogen and oxygen atoms in total. The third-order valence-corrected chi connectivity index (χ3v) is 4.01. The van der Waals surface area contributed by atoms with Gasteiger partial charge in [-0.05, 0) is 50.8 Å². The van der Waals surface area contributed by atoms with Crippen molar-refractivity contribution in [1.29, 1.82) is 0 Å². The molecule has 0 aromatic heterocycles. The minimum Gasteiger partial charge on any atom is -0.478 e. The van der Waals surface area contributed by atoms with Crippen LogP contribution in [0.25, 0.3) is 0 Å². The number of carbonyl (C=O) groups excluding carboxylic acids is 1. The van der Waals surface area contributed by atoms with Crippen molar-refractivity contribution < 1.29 is 19.1 Å². The van der Waals surface area contributed by atoms with Gasteiger partial charge in [0.15, 0.2) is 0 Å². The molecule has 0 radical (unpaired) electrons. The molecule has 0 atom stereocenters. The molecule has 0 bridgehead atoms. The minimum atomic E-state index is -1.21. The number of rotatable bonds is 5. The largest absolute Gasteiger partial charge is 0.478 e. The summed E-state index contributed by atoms with van der Waals surface area (Å²) in [4.78, 5) is 25.0. The lowest BCUT2D eigenvalue weighted by Gasteiger charge is -2.35. The van der Waals surface area contributed by atoms with E-state index in [0.717, 1.165) is 18.9 Å². The zero-order valence-electron chi connectivity index (χ0n) is 12.3. The van der Waals surface area contributed by atoms with Crippen LogP contribution in [0, 0.1) is 11.7 Å². The van der Waals surface area contributed by atoms with E-state index >= 15 is 0 Å². The summed E-state index contributed by atoms with van der Waals surface area (Å²) in [5.74, 6) is -1.86. The van der Waals surface area contributed by atoms with E-state index in [1.165, 1.54) is 18.6 Å². The average Bonchev–Trinajstić information content (AvgIpc) is 2.36. The van der Waals surface area contributed by atoms with Gasteiger partial charge < -0.3 is 10.0 Å². The summed E-state index contributed by atoms with van der Waals surface area (Å²) >= 11 is 0. The van der Waals surface area contributed by atoms with Crippen molar-refractivity contribution in [2.75, 3.05) is 6.54 Å². The Kier molecular flexibility index (Phi) is 4.60. The maximum absolute atomic E-state index is 14.0. The first-order chi connectivity index (χ1) is 9.90. The van der Waals surface area contributed by atoms with Crippen LogP contribution in [0.1, 0.15) is 53.8 Å². The maximum atomic E-state index is 14.0. The summed E-state index contributed by atoms with van der Waals surface area (Å²) in [6.45, 7) is 4.44. The Morgan fingerprint density at radius 1 is 1.38 bits per heavy atom. The Labute approximate surface area is 123 Å². The third kappa shape index (κ3) is 3.40. The van der Waals surface area contributed by atoms with Crippen LogP contribution in [0.4, 0.5) is 4.39 Å². The molecule has 0 heterocycles. The molecule has 0 saturated heterocycles. The Balaban J connectivity index is 2.21. The lowest BCUT2D eigenvalue weighted by atomic mass is 9.84. The first-order valence-corrected chi connectivity index (χ1v) is 7.24. The molecule has 1 N–H and O–H groups in total. The first-order valence-electron chi connectivity index (χ1n) is 7.24. The number of carboxylic acids is 1. The fraction of sp³-hybridized carbons (Fsp3) is 0.500. The number of aromatic carboxylic acids is 1. The van der Waals surface area contributed by atoms with E-state index in [4.69, 9.17) is 5.11 Å². The molecule has 1 saturated carbocycles. The summed E-state index contributed by atoms with van der Waals surface area (Å²) in [6.07, 6.45) is 3.40.